The van der Waals surface area contributed by atoms with Crippen LogP contribution in [0, 0.1) is 0 Å². The van der Waals surface area contributed by atoms with Gasteiger partial charge in [0.25, 0.3) is 10.0 Å². The normalized spacial score (nSPS) is 28.5. The number of sulfonamides is 1. The second-order valence-electron chi connectivity index (χ2n) is 5.52. The predicted octanol–water partition coefficient (Wildman–Crippen LogP) is 1.57. The maximum absolute atomic E-state index is 12.5. The van der Waals surface area contributed by atoms with E-state index >= 15 is 0 Å². The molecule has 1 aromatic rings. The Labute approximate surface area is 123 Å². The number of nitrogens with zero attached hydrogens (tertiary/aromatic N) is 1. The summed E-state index contributed by atoms with van der Waals surface area (Å²) in [6.45, 7) is 1.03. The fourth-order valence-corrected chi connectivity index (χ4v) is 5.72. The van der Waals surface area contributed by atoms with Gasteiger partial charge in [-0.1, -0.05) is 6.07 Å². The van der Waals surface area contributed by atoms with E-state index in [9.17, 15) is 13.2 Å². The molecule has 1 aromatic heterocycles. The fraction of sp³-hybridized carbons (Fsp3) is 0.615. The van der Waals surface area contributed by atoms with Crippen LogP contribution in [0.5, 0.6) is 0 Å². The topological polar surface area (TPSA) is 66.5 Å². The summed E-state index contributed by atoms with van der Waals surface area (Å²) in [4.78, 5) is 11.5. The Balaban J connectivity index is 1.76. The van der Waals surface area contributed by atoms with Crippen molar-refractivity contribution in [1.82, 2.24) is 9.62 Å². The molecule has 1 atom stereocenters. The first-order valence-corrected chi connectivity index (χ1v) is 9.19. The zero-order valence-electron chi connectivity index (χ0n) is 11.2. The summed E-state index contributed by atoms with van der Waals surface area (Å²) in [7, 11) is -3.36. The van der Waals surface area contributed by atoms with Gasteiger partial charge in [-0.25, -0.2) is 8.42 Å². The molecular weight excluding hydrogens is 296 g/mol. The summed E-state index contributed by atoms with van der Waals surface area (Å²) >= 11 is 1.26. The second kappa shape index (κ2) is 5.13. The van der Waals surface area contributed by atoms with Gasteiger partial charge in [-0.05, 0) is 37.1 Å². The van der Waals surface area contributed by atoms with Crippen LogP contribution in [0.3, 0.4) is 0 Å². The van der Waals surface area contributed by atoms with Crippen molar-refractivity contribution in [1.29, 1.82) is 0 Å². The summed E-state index contributed by atoms with van der Waals surface area (Å²) in [6, 6.07) is 3.41. The Morgan fingerprint density at radius 2 is 2.10 bits per heavy atom. The third-order valence-corrected chi connectivity index (χ3v) is 7.50. The van der Waals surface area contributed by atoms with Crippen molar-refractivity contribution in [3.63, 3.8) is 0 Å². The second-order valence-corrected chi connectivity index (χ2v) is 8.63. The third kappa shape index (κ3) is 2.49. The zero-order valence-corrected chi connectivity index (χ0v) is 12.8. The van der Waals surface area contributed by atoms with E-state index in [0.29, 0.717) is 30.1 Å². The van der Waals surface area contributed by atoms with Gasteiger partial charge in [0.15, 0.2) is 0 Å². The van der Waals surface area contributed by atoms with Crippen LogP contribution in [0.25, 0.3) is 0 Å². The lowest BCUT2D eigenvalue weighted by Gasteiger charge is -2.27. The fourth-order valence-electron chi connectivity index (χ4n) is 3.10. The van der Waals surface area contributed by atoms with E-state index < -0.39 is 10.0 Å². The van der Waals surface area contributed by atoms with Gasteiger partial charge in [0, 0.05) is 25.0 Å². The van der Waals surface area contributed by atoms with Crippen molar-refractivity contribution in [2.45, 2.75) is 41.9 Å². The molecule has 1 spiro atoms. The van der Waals surface area contributed by atoms with Crippen molar-refractivity contribution in [2.75, 3.05) is 13.1 Å². The average molecular weight is 314 g/mol. The van der Waals surface area contributed by atoms with Gasteiger partial charge < -0.3 is 5.32 Å². The molecule has 2 fully saturated rings. The Morgan fingerprint density at radius 1 is 1.25 bits per heavy atom. The van der Waals surface area contributed by atoms with Crippen molar-refractivity contribution >= 4 is 27.3 Å². The number of carbonyl (C=O) groups is 1. The molecule has 1 amide bonds. The molecule has 2 aliphatic heterocycles. The maximum atomic E-state index is 12.5. The summed E-state index contributed by atoms with van der Waals surface area (Å²) in [5, 5.41) is 4.84. The lowest BCUT2D eigenvalue weighted by atomic mass is 9.89. The molecule has 0 bridgehead atoms. The van der Waals surface area contributed by atoms with E-state index in [2.05, 4.69) is 5.32 Å². The molecule has 2 saturated heterocycles. The Kier molecular flexibility index (Phi) is 3.60. The molecule has 7 heteroatoms. The van der Waals surface area contributed by atoms with Gasteiger partial charge in [0.1, 0.15) is 4.21 Å². The van der Waals surface area contributed by atoms with Gasteiger partial charge in [-0.3, -0.25) is 4.79 Å². The highest BCUT2D eigenvalue weighted by Gasteiger charge is 2.40. The lowest BCUT2D eigenvalue weighted by molar-refractivity contribution is -0.119. The van der Waals surface area contributed by atoms with E-state index in [1.807, 2.05) is 0 Å². The Bertz CT molecular complexity index is 597. The average Bonchev–Trinajstić information content (AvgIpc) is 2.99. The smallest absolute Gasteiger partial charge is 0.252 e. The summed E-state index contributed by atoms with van der Waals surface area (Å²) in [5.74, 6) is 0.0968. The van der Waals surface area contributed by atoms with Crippen LogP contribution in [-0.2, 0) is 14.8 Å². The highest BCUT2D eigenvalue weighted by molar-refractivity contribution is 7.91. The van der Waals surface area contributed by atoms with Crippen molar-refractivity contribution < 1.29 is 13.2 Å². The molecule has 2 aliphatic rings. The van der Waals surface area contributed by atoms with Crippen LogP contribution in [0.2, 0.25) is 0 Å². The minimum absolute atomic E-state index is 0.0968. The summed E-state index contributed by atoms with van der Waals surface area (Å²) in [5.41, 5.74) is -0.170. The number of rotatable bonds is 2. The molecule has 20 heavy (non-hydrogen) atoms. The number of carbonyl (C=O) groups excluding carboxylic acids is 1. The predicted molar refractivity (Wildman–Crippen MR) is 77.0 cm³/mol. The third-order valence-electron chi connectivity index (χ3n) is 4.23. The number of hydrogen-bond donors (Lipinski definition) is 1. The first-order valence-electron chi connectivity index (χ1n) is 6.87. The van der Waals surface area contributed by atoms with E-state index in [1.165, 1.54) is 11.3 Å². The van der Waals surface area contributed by atoms with E-state index in [4.69, 9.17) is 0 Å². The highest BCUT2D eigenvalue weighted by atomic mass is 32.2. The van der Waals surface area contributed by atoms with Crippen LogP contribution in [-0.4, -0.2) is 37.3 Å². The molecule has 0 aliphatic carbocycles. The zero-order chi connectivity index (χ0) is 14.2. The van der Waals surface area contributed by atoms with Gasteiger partial charge in [-0.15, -0.1) is 11.3 Å². The molecule has 1 unspecified atom stereocenters. The number of hydrogen-bond acceptors (Lipinski definition) is 4. The van der Waals surface area contributed by atoms with E-state index in [0.717, 1.165) is 19.3 Å². The van der Waals surface area contributed by atoms with Crippen molar-refractivity contribution in [3.8, 4) is 0 Å². The van der Waals surface area contributed by atoms with Crippen LogP contribution in [0.15, 0.2) is 21.7 Å². The van der Waals surface area contributed by atoms with Gasteiger partial charge >= 0.3 is 0 Å². The quantitative estimate of drug-likeness (QED) is 0.901. The largest absolute Gasteiger partial charge is 0.351 e. The Hall–Kier alpha value is -0.920. The minimum Gasteiger partial charge on any atom is -0.351 e. The van der Waals surface area contributed by atoms with Gasteiger partial charge in [0.05, 0.1) is 0 Å². The summed E-state index contributed by atoms with van der Waals surface area (Å²) in [6.07, 6.45) is 3.78. The molecule has 3 heterocycles. The van der Waals surface area contributed by atoms with E-state index in [-0.39, 0.29) is 11.4 Å². The van der Waals surface area contributed by atoms with Crippen molar-refractivity contribution in [3.05, 3.63) is 17.5 Å². The molecule has 110 valence electrons. The molecule has 1 N–H and O–H groups in total. The Morgan fingerprint density at radius 3 is 2.75 bits per heavy atom. The standard InChI is InChI=1S/C13H18N2O3S2/c16-11-4-6-13(14-11)5-2-8-15(9-7-13)20(17,18)12-3-1-10-19-12/h1,3,10H,2,4-9H2,(H,14,16). The number of amides is 1. The minimum atomic E-state index is -3.36. The lowest BCUT2D eigenvalue weighted by Crippen LogP contribution is -2.42. The van der Waals surface area contributed by atoms with Crippen molar-refractivity contribution in [2.24, 2.45) is 0 Å². The highest BCUT2D eigenvalue weighted by Crippen LogP contribution is 2.33. The molecule has 0 aromatic carbocycles. The molecule has 3 rings (SSSR count). The molecule has 0 saturated carbocycles. The van der Waals surface area contributed by atoms with E-state index in [1.54, 1.807) is 21.8 Å². The van der Waals surface area contributed by atoms with Crippen LogP contribution < -0.4 is 5.32 Å². The monoisotopic (exact) mass is 314 g/mol. The summed E-state index contributed by atoms with van der Waals surface area (Å²) < 4.78 is 27.0. The van der Waals surface area contributed by atoms with Crippen LogP contribution >= 0.6 is 11.3 Å². The van der Waals surface area contributed by atoms with Crippen LogP contribution in [0.4, 0.5) is 0 Å². The first-order chi connectivity index (χ1) is 9.52. The number of thiophene rings is 1. The SMILES string of the molecule is O=C1CCC2(CCCN(S(=O)(=O)c3cccs3)CC2)N1. The molecular formula is C13H18N2O3S2. The molecule has 5 nitrogen and oxygen atoms in total. The van der Waals surface area contributed by atoms with Gasteiger partial charge in [0.2, 0.25) is 5.91 Å². The van der Waals surface area contributed by atoms with Crippen LogP contribution in [0.1, 0.15) is 32.1 Å². The number of nitrogens with one attached hydrogen (secondary N) is 1. The maximum Gasteiger partial charge on any atom is 0.252 e. The molecule has 0 radical (unpaired) electrons. The van der Waals surface area contributed by atoms with Gasteiger partial charge in [-0.2, -0.15) is 4.31 Å². The first kappa shape index (κ1) is 14.0.